The predicted molar refractivity (Wildman–Crippen MR) is 116 cm³/mol. The first-order chi connectivity index (χ1) is 13.5. The summed E-state index contributed by atoms with van der Waals surface area (Å²) in [5, 5.41) is 5.02. The van der Waals surface area contributed by atoms with Crippen molar-refractivity contribution >= 4 is 44.9 Å². The number of thioether (sulfide) groups is 1. The maximum Gasteiger partial charge on any atom is 0.234 e. The molecule has 1 aliphatic rings. The van der Waals surface area contributed by atoms with Gasteiger partial charge in [0.05, 0.1) is 18.6 Å². The number of nitrogens with zero attached hydrogens (tertiary/aromatic N) is 2. The Balaban J connectivity index is 1.52. The van der Waals surface area contributed by atoms with E-state index in [2.05, 4.69) is 22.2 Å². The molecule has 1 aromatic carbocycles. The number of carbonyl (C=O) groups is 1. The fraction of sp³-hybridized carbons (Fsp3) is 0.381. The molecule has 5 nitrogen and oxygen atoms in total. The molecule has 7 heteroatoms. The Morgan fingerprint density at radius 1 is 1.39 bits per heavy atom. The number of aromatic nitrogens is 2. The van der Waals surface area contributed by atoms with Crippen molar-refractivity contribution in [1.29, 1.82) is 0 Å². The number of thiophene rings is 1. The van der Waals surface area contributed by atoms with Gasteiger partial charge in [-0.1, -0.05) is 24.8 Å². The van der Waals surface area contributed by atoms with Crippen molar-refractivity contribution in [3.8, 4) is 5.75 Å². The molecule has 4 rings (SSSR count). The largest absolute Gasteiger partial charge is 0.495 e. The van der Waals surface area contributed by atoms with Crippen molar-refractivity contribution in [3.05, 3.63) is 40.5 Å². The van der Waals surface area contributed by atoms with E-state index in [9.17, 15) is 4.79 Å². The standard InChI is InChI=1S/C21H23N3O2S2/c1-12-5-7-16(26-3)15(8-12)24-18(25)10-27-20-19-14-6-4-13(2)9-17(14)28-21(19)23-11-22-20/h5,7-8,11,13H,4,6,9-10H2,1-3H3,(H,24,25)/t13-/m1/s1. The van der Waals surface area contributed by atoms with Crippen LogP contribution in [0.15, 0.2) is 29.6 Å². The highest BCUT2D eigenvalue weighted by Crippen LogP contribution is 2.40. The Bertz CT molecular complexity index is 1030. The number of fused-ring (bicyclic) bond motifs is 3. The van der Waals surface area contributed by atoms with Gasteiger partial charge in [-0.15, -0.1) is 11.3 Å². The lowest BCUT2D eigenvalue weighted by atomic mass is 9.89. The van der Waals surface area contributed by atoms with Crippen LogP contribution >= 0.6 is 23.1 Å². The van der Waals surface area contributed by atoms with Gasteiger partial charge in [0, 0.05) is 10.3 Å². The summed E-state index contributed by atoms with van der Waals surface area (Å²) in [4.78, 5) is 24.0. The minimum absolute atomic E-state index is 0.0709. The van der Waals surface area contributed by atoms with Crippen molar-refractivity contribution < 1.29 is 9.53 Å². The van der Waals surface area contributed by atoms with E-state index in [0.717, 1.165) is 39.6 Å². The monoisotopic (exact) mass is 413 g/mol. The van der Waals surface area contributed by atoms with Gasteiger partial charge < -0.3 is 10.1 Å². The Labute approximate surface area is 172 Å². The number of ether oxygens (including phenoxy) is 1. The van der Waals surface area contributed by atoms with Crippen molar-refractivity contribution in [2.45, 2.75) is 38.1 Å². The van der Waals surface area contributed by atoms with Crippen LogP contribution in [0.5, 0.6) is 5.75 Å². The predicted octanol–water partition coefficient (Wildman–Crippen LogP) is 4.86. The summed E-state index contributed by atoms with van der Waals surface area (Å²) in [6, 6.07) is 5.74. The molecule has 0 saturated carbocycles. The third kappa shape index (κ3) is 3.86. The summed E-state index contributed by atoms with van der Waals surface area (Å²) in [5.41, 5.74) is 3.16. The molecule has 146 valence electrons. The summed E-state index contributed by atoms with van der Waals surface area (Å²) < 4.78 is 5.34. The van der Waals surface area contributed by atoms with Crippen LogP contribution < -0.4 is 10.1 Å². The van der Waals surface area contributed by atoms with Crippen molar-refractivity contribution in [1.82, 2.24) is 9.97 Å². The molecule has 0 aliphatic heterocycles. The smallest absolute Gasteiger partial charge is 0.234 e. The number of rotatable bonds is 5. The Morgan fingerprint density at radius 3 is 3.07 bits per heavy atom. The number of hydrogen-bond acceptors (Lipinski definition) is 6. The van der Waals surface area contributed by atoms with Gasteiger partial charge in [-0.05, 0) is 55.4 Å². The molecular weight excluding hydrogens is 390 g/mol. The van der Waals surface area contributed by atoms with Gasteiger partial charge in [-0.25, -0.2) is 9.97 Å². The molecule has 0 saturated heterocycles. The molecule has 0 unspecified atom stereocenters. The van der Waals surface area contributed by atoms with Crippen molar-refractivity contribution in [3.63, 3.8) is 0 Å². The molecule has 1 N–H and O–H groups in total. The van der Waals surface area contributed by atoms with E-state index in [1.807, 2.05) is 25.1 Å². The molecule has 3 aromatic rings. The summed E-state index contributed by atoms with van der Waals surface area (Å²) >= 11 is 3.26. The third-order valence-electron chi connectivity index (χ3n) is 5.03. The molecule has 28 heavy (non-hydrogen) atoms. The van der Waals surface area contributed by atoms with Crippen LogP contribution in [-0.2, 0) is 17.6 Å². The number of methoxy groups -OCH3 is 1. The summed E-state index contributed by atoms with van der Waals surface area (Å²) in [6.07, 6.45) is 5.00. The zero-order valence-electron chi connectivity index (χ0n) is 16.2. The van der Waals surface area contributed by atoms with Crippen LogP contribution in [0.1, 0.15) is 29.3 Å². The number of amides is 1. The molecule has 1 aliphatic carbocycles. The quantitative estimate of drug-likeness (QED) is 0.478. The van der Waals surface area contributed by atoms with Crippen molar-refractivity contribution in [2.24, 2.45) is 5.92 Å². The second-order valence-corrected chi connectivity index (χ2v) is 9.30. The number of benzene rings is 1. The molecule has 2 aromatic heterocycles. The van der Waals surface area contributed by atoms with E-state index in [1.54, 1.807) is 24.8 Å². The van der Waals surface area contributed by atoms with E-state index in [1.165, 1.54) is 28.6 Å². The van der Waals surface area contributed by atoms with Gasteiger partial charge in [0.2, 0.25) is 5.91 Å². The molecule has 0 spiro atoms. The van der Waals surface area contributed by atoms with E-state index in [-0.39, 0.29) is 5.91 Å². The second kappa shape index (κ2) is 8.09. The molecule has 2 heterocycles. The molecule has 0 bridgehead atoms. The van der Waals surface area contributed by atoms with E-state index in [4.69, 9.17) is 4.74 Å². The molecular formula is C21H23N3O2S2. The number of nitrogens with one attached hydrogen (secondary N) is 1. The Morgan fingerprint density at radius 2 is 2.25 bits per heavy atom. The van der Waals surface area contributed by atoms with Gasteiger partial charge in [-0.3, -0.25) is 4.79 Å². The molecule has 0 fully saturated rings. The Kier molecular flexibility index (Phi) is 5.55. The zero-order valence-corrected chi connectivity index (χ0v) is 17.9. The molecule has 1 atom stereocenters. The van der Waals surface area contributed by atoms with Gasteiger partial charge in [-0.2, -0.15) is 0 Å². The lowest BCUT2D eigenvalue weighted by Gasteiger charge is -2.18. The van der Waals surface area contributed by atoms with Crippen LogP contribution in [0.4, 0.5) is 5.69 Å². The molecule has 1 amide bonds. The number of aryl methyl sites for hydroxylation is 2. The summed E-state index contributed by atoms with van der Waals surface area (Å²) in [5.74, 6) is 1.61. The maximum atomic E-state index is 12.5. The minimum atomic E-state index is -0.0709. The second-order valence-electron chi connectivity index (χ2n) is 7.25. The average Bonchev–Trinajstić information content (AvgIpc) is 3.04. The first-order valence-electron chi connectivity index (χ1n) is 9.37. The number of hydrogen-bond donors (Lipinski definition) is 1. The van der Waals surface area contributed by atoms with Crippen molar-refractivity contribution in [2.75, 3.05) is 18.2 Å². The number of carbonyl (C=O) groups excluding carboxylic acids is 1. The highest BCUT2D eigenvalue weighted by molar-refractivity contribution is 8.00. The highest BCUT2D eigenvalue weighted by atomic mass is 32.2. The lowest BCUT2D eigenvalue weighted by Crippen LogP contribution is -2.15. The van der Waals surface area contributed by atoms with Crippen LogP contribution in [0.2, 0.25) is 0 Å². The SMILES string of the molecule is COc1ccc(C)cc1NC(=O)CSc1ncnc2sc3c(c12)CC[C@@H](C)C3. The van der Waals surface area contributed by atoms with Gasteiger partial charge in [0.1, 0.15) is 21.9 Å². The summed E-state index contributed by atoms with van der Waals surface area (Å²) in [7, 11) is 1.60. The summed E-state index contributed by atoms with van der Waals surface area (Å²) in [6.45, 7) is 4.29. The topological polar surface area (TPSA) is 64.1 Å². The van der Waals surface area contributed by atoms with E-state index >= 15 is 0 Å². The number of anilines is 1. The fourth-order valence-electron chi connectivity index (χ4n) is 3.60. The van der Waals surface area contributed by atoms with Gasteiger partial charge >= 0.3 is 0 Å². The first-order valence-corrected chi connectivity index (χ1v) is 11.2. The van der Waals surface area contributed by atoms with Gasteiger partial charge in [0.25, 0.3) is 0 Å². The Hall–Kier alpha value is -2.12. The van der Waals surface area contributed by atoms with E-state index < -0.39 is 0 Å². The highest BCUT2D eigenvalue weighted by Gasteiger charge is 2.23. The third-order valence-corrected chi connectivity index (χ3v) is 7.18. The fourth-order valence-corrected chi connectivity index (χ4v) is 5.84. The van der Waals surface area contributed by atoms with Crippen LogP contribution in [0, 0.1) is 12.8 Å². The normalized spacial score (nSPS) is 16.0. The van der Waals surface area contributed by atoms with Crippen LogP contribution in [0.25, 0.3) is 10.2 Å². The average molecular weight is 414 g/mol. The van der Waals surface area contributed by atoms with Gasteiger partial charge in [0.15, 0.2) is 0 Å². The van der Waals surface area contributed by atoms with E-state index in [0.29, 0.717) is 17.2 Å². The molecule has 0 radical (unpaired) electrons. The zero-order chi connectivity index (χ0) is 19.7. The minimum Gasteiger partial charge on any atom is -0.495 e. The lowest BCUT2D eigenvalue weighted by molar-refractivity contribution is -0.113. The maximum absolute atomic E-state index is 12.5. The van der Waals surface area contributed by atoms with Crippen LogP contribution in [-0.4, -0.2) is 28.7 Å². The van der Waals surface area contributed by atoms with Crippen LogP contribution in [0.3, 0.4) is 0 Å². The first kappa shape index (κ1) is 19.2.